The Balaban J connectivity index is 3.76. The molecule has 0 aromatic rings. The second kappa shape index (κ2) is 7.52. The van der Waals surface area contributed by atoms with Crippen LogP contribution in [0.5, 0.6) is 0 Å². The van der Waals surface area contributed by atoms with Gasteiger partial charge in [0.05, 0.1) is 18.5 Å². The van der Waals surface area contributed by atoms with Crippen molar-refractivity contribution in [1.29, 1.82) is 0 Å². The molecule has 5 heteroatoms. The summed E-state index contributed by atoms with van der Waals surface area (Å²) < 4.78 is 4.82. The summed E-state index contributed by atoms with van der Waals surface area (Å²) in [6, 6.07) is 0. The van der Waals surface area contributed by atoms with Crippen LogP contribution in [-0.4, -0.2) is 54.7 Å². The van der Waals surface area contributed by atoms with Crippen LogP contribution in [-0.2, 0) is 9.53 Å². The van der Waals surface area contributed by atoms with Crippen LogP contribution in [0.1, 0.15) is 0 Å². The highest BCUT2D eigenvalue weighted by Crippen LogP contribution is 1.93. The van der Waals surface area contributed by atoms with Gasteiger partial charge in [0.2, 0.25) is 5.91 Å². The molecule has 0 aromatic carbocycles. The first-order chi connectivity index (χ1) is 5.76. The van der Waals surface area contributed by atoms with E-state index >= 15 is 0 Å². The molecule has 0 saturated heterocycles. The zero-order valence-electron chi connectivity index (χ0n) is 7.12. The lowest BCUT2D eigenvalue weighted by Gasteiger charge is -2.19. The molecule has 0 radical (unpaired) electrons. The summed E-state index contributed by atoms with van der Waals surface area (Å²) in [6.07, 6.45) is 0. The van der Waals surface area contributed by atoms with Gasteiger partial charge in [0.1, 0.15) is 0 Å². The molecule has 0 saturated carbocycles. The first-order valence-corrected chi connectivity index (χ1v) is 4.82. The maximum absolute atomic E-state index is 11.1. The molecule has 0 spiro atoms. The van der Waals surface area contributed by atoms with Crippen LogP contribution in [0.25, 0.3) is 0 Å². The molecule has 12 heavy (non-hydrogen) atoms. The second-order valence-corrected chi connectivity index (χ2v) is 2.79. The first kappa shape index (κ1) is 11.9. The molecule has 1 amide bonds. The lowest BCUT2D eigenvalue weighted by Crippen LogP contribution is -2.36. The third kappa shape index (κ3) is 4.69. The first-order valence-electron chi connectivity index (χ1n) is 3.69. The molecule has 0 aromatic heterocycles. The molecule has 4 nitrogen and oxygen atoms in total. The Kier molecular flexibility index (Phi) is 7.43. The Hall–Kier alpha value is -0.130. The van der Waals surface area contributed by atoms with Crippen molar-refractivity contribution < 1.29 is 14.6 Å². The smallest absolute Gasteiger partial charge is 0.233 e. The van der Waals surface area contributed by atoms with E-state index in [1.807, 2.05) is 0 Å². The number of alkyl halides is 1. The largest absolute Gasteiger partial charge is 0.395 e. The zero-order chi connectivity index (χ0) is 9.40. The Morgan fingerprint density at radius 1 is 1.58 bits per heavy atom. The second-order valence-electron chi connectivity index (χ2n) is 2.23. The van der Waals surface area contributed by atoms with Crippen molar-refractivity contribution in [2.24, 2.45) is 0 Å². The van der Waals surface area contributed by atoms with Crippen molar-refractivity contribution in [3.63, 3.8) is 0 Å². The van der Waals surface area contributed by atoms with Crippen molar-refractivity contribution in [3.8, 4) is 0 Å². The molecule has 0 fully saturated rings. The van der Waals surface area contributed by atoms with E-state index in [2.05, 4.69) is 15.9 Å². The minimum atomic E-state index is -0.0268. The van der Waals surface area contributed by atoms with Gasteiger partial charge in [0.25, 0.3) is 0 Å². The van der Waals surface area contributed by atoms with E-state index in [-0.39, 0.29) is 17.8 Å². The summed E-state index contributed by atoms with van der Waals surface area (Å²) in [5.41, 5.74) is 0. The predicted molar refractivity (Wildman–Crippen MR) is 49.3 cm³/mol. The average Bonchev–Trinajstić information content (AvgIpc) is 2.11. The van der Waals surface area contributed by atoms with Gasteiger partial charge in [-0.05, 0) is 0 Å². The SMILES string of the molecule is COCCN(CCO)C(=O)CBr. The van der Waals surface area contributed by atoms with Crippen LogP contribution in [0.2, 0.25) is 0 Å². The summed E-state index contributed by atoms with van der Waals surface area (Å²) >= 11 is 3.06. The van der Waals surface area contributed by atoms with Crippen molar-refractivity contribution in [2.45, 2.75) is 0 Å². The van der Waals surface area contributed by atoms with Gasteiger partial charge in [-0.3, -0.25) is 4.79 Å². The van der Waals surface area contributed by atoms with E-state index in [4.69, 9.17) is 9.84 Å². The van der Waals surface area contributed by atoms with Crippen molar-refractivity contribution in [1.82, 2.24) is 4.90 Å². The van der Waals surface area contributed by atoms with Crippen LogP contribution in [0.15, 0.2) is 0 Å². The van der Waals surface area contributed by atoms with Gasteiger partial charge in [-0.1, -0.05) is 15.9 Å². The van der Waals surface area contributed by atoms with E-state index in [9.17, 15) is 4.79 Å². The Morgan fingerprint density at radius 3 is 2.67 bits per heavy atom. The number of halogens is 1. The predicted octanol–water partition coefficient (Wildman–Crippen LogP) is -0.151. The van der Waals surface area contributed by atoms with Gasteiger partial charge in [-0.15, -0.1) is 0 Å². The molecule has 0 heterocycles. The summed E-state index contributed by atoms with van der Waals surface area (Å²) in [4.78, 5) is 12.7. The lowest BCUT2D eigenvalue weighted by molar-refractivity contribution is -0.129. The third-order valence-corrected chi connectivity index (χ3v) is 1.88. The third-order valence-electron chi connectivity index (χ3n) is 1.40. The summed E-state index contributed by atoms with van der Waals surface area (Å²) in [7, 11) is 1.58. The maximum atomic E-state index is 11.1. The van der Waals surface area contributed by atoms with Crippen LogP contribution in [0.4, 0.5) is 0 Å². The number of ether oxygens (including phenoxy) is 1. The normalized spacial score (nSPS) is 9.92. The Bertz CT molecular complexity index is 132. The number of aliphatic hydroxyl groups is 1. The van der Waals surface area contributed by atoms with Crippen LogP contribution < -0.4 is 0 Å². The number of carbonyl (C=O) groups is 1. The van der Waals surface area contributed by atoms with Gasteiger partial charge >= 0.3 is 0 Å². The topological polar surface area (TPSA) is 49.8 Å². The fourth-order valence-electron chi connectivity index (χ4n) is 0.768. The number of hydrogen-bond acceptors (Lipinski definition) is 3. The fourth-order valence-corrected chi connectivity index (χ4v) is 1.12. The lowest BCUT2D eigenvalue weighted by atomic mass is 10.4. The van der Waals surface area contributed by atoms with E-state index in [1.54, 1.807) is 12.0 Å². The van der Waals surface area contributed by atoms with Gasteiger partial charge in [0.15, 0.2) is 0 Å². The van der Waals surface area contributed by atoms with Crippen LogP contribution in [0, 0.1) is 0 Å². The molecular weight excluding hydrogens is 226 g/mol. The Labute approximate surface area is 80.6 Å². The monoisotopic (exact) mass is 239 g/mol. The molecule has 1 N–H and O–H groups in total. The molecule has 0 aliphatic carbocycles. The Morgan fingerprint density at radius 2 is 2.25 bits per heavy atom. The zero-order valence-corrected chi connectivity index (χ0v) is 8.71. The number of amides is 1. The summed E-state index contributed by atoms with van der Waals surface area (Å²) in [5, 5.41) is 8.92. The maximum Gasteiger partial charge on any atom is 0.233 e. The van der Waals surface area contributed by atoms with Gasteiger partial charge in [-0.2, -0.15) is 0 Å². The minimum absolute atomic E-state index is 0.0115. The number of methoxy groups -OCH3 is 1. The van der Waals surface area contributed by atoms with E-state index in [0.29, 0.717) is 19.7 Å². The fraction of sp³-hybridized carbons (Fsp3) is 0.857. The van der Waals surface area contributed by atoms with Crippen molar-refractivity contribution in [3.05, 3.63) is 0 Å². The van der Waals surface area contributed by atoms with Gasteiger partial charge < -0.3 is 14.7 Å². The molecule has 0 unspecified atom stereocenters. The quantitative estimate of drug-likeness (QED) is 0.657. The molecule has 0 rings (SSSR count). The van der Waals surface area contributed by atoms with Gasteiger partial charge in [-0.25, -0.2) is 0 Å². The van der Waals surface area contributed by atoms with E-state index in [1.165, 1.54) is 0 Å². The average molecular weight is 240 g/mol. The summed E-state index contributed by atoms with van der Waals surface area (Å²) in [5.74, 6) is -0.0268. The van der Waals surface area contributed by atoms with Crippen LogP contribution >= 0.6 is 15.9 Å². The number of carbonyl (C=O) groups excluding carboxylic acids is 1. The van der Waals surface area contributed by atoms with Crippen molar-refractivity contribution >= 4 is 21.8 Å². The molecule has 0 aliphatic heterocycles. The molecule has 72 valence electrons. The molecule has 0 atom stereocenters. The molecular formula is C7H14BrNO3. The van der Waals surface area contributed by atoms with Gasteiger partial charge in [0, 0.05) is 20.2 Å². The number of nitrogens with zero attached hydrogens (tertiary/aromatic N) is 1. The van der Waals surface area contributed by atoms with E-state index < -0.39 is 0 Å². The highest BCUT2D eigenvalue weighted by atomic mass is 79.9. The number of rotatable bonds is 6. The highest BCUT2D eigenvalue weighted by Gasteiger charge is 2.09. The highest BCUT2D eigenvalue weighted by molar-refractivity contribution is 9.09. The van der Waals surface area contributed by atoms with Crippen LogP contribution in [0.3, 0.4) is 0 Å². The minimum Gasteiger partial charge on any atom is -0.395 e. The summed E-state index contributed by atoms with van der Waals surface area (Å²) in [6.45, 7) is 1.39. The molecule has 0 bridgehead atoms. The number of aliphatic hydroxyl groups excluding tert-OH is 1. The molecule has 0 aliphatic rings. The standard InChI is InChI=1S/C7H14BrNO3/c1-12-5-3-9(2-4-10)7(11)6-8/h10H,2-6H2,1H3. The number of hydrogen-bond donors (Lipinski definition) is 1. The van der Waals surface area contributed by atoms with Crippen molar-refractivity contribution in [2.75, 3.05) is 38.7 Å². The van der Waals surface area contributed by atoms with E-state index in [0.717, 1.165) is 0 Å².